The van der Waals surface area contributed by atoms with Gasteiger partial charge in [-0.05, 0) is 72.3 Å². The number of hydrogen-bond donors (Lipinski definition) is 0. The summed E-state index contributed by atoms with van der Waals surface area (Å²) in [5, 5.41) is 16.6. The normalized spacial score (nSPS) is 11.1. The van der Waals surface area contributed by atoms with Crippen molar-refractivity contribution in [2.75, 3.05) is 5.01 Å². The molecular weight excluding hydrogens is 495 g/mol. The summed E-state index contributed by atoms with van der Waals surface area (Å²) in [4.78, 5) is 28.4. The number of carbonyl (C=O) groups excluding carboxylic acids is 1. The van der Waals surface area contributed by atoms with Crippen molar-refractivity contribution < 1.29 is 18.8 Å². The smallest absolute Gasteiger partial charge is 0.280 e. The van der Waals surface area contributed by atoms with Crippen molar-refractivity contribution >= 4 is 44.5 Å². The largest absolute Gasteiger partial charge is 0.457 e. The lowest BCUT2D eigenvalue weighted by Crippen LogP contribution is -2.25. The van der Waals surface area contributed by atoms with Gasteiger partial charge in [0.2, 0.25) is 5.13 Å². The highest BCUT2D eigenvalue weighted by Gasteiger charge is 2.21. The molecule has 0 atom stereocenters. The van der Waals surface area contributed by atoms with E-state index in [1.54, 1.807) is 24.3 Å². The SMILES string of the molecule is O=C(c1ccc(Oc2ccccc2)cc1)N(/N=C/c1ccc([N+](=O)[O-])cc1)c1nc2ccc(F)cc2s1. The number of nitro groups is 1. The number of aromatic nitrogens is 1. The summed E-state index contributed by atoms with van der Waals surface area (Å²) >= 11 is 1.12. The van der Waals surface area contributed by atoms with Crippen LogP contribution in [-0.2, 0) is 0 Å². The van der Waals surface area contributed by atoms with E-state index in [1.165, 1.54) is 48.7 Å². The molecule has 0 aliphatic rings. The van der Waals surface area contributed by atoms with E-state index in [1.807, 2.05) is 30.3 Å². The minimum absolute atomic E-state index is 0.0592. The van der Waals surface area contributed by atoms with Gasteiger partial charge in [-0.1, -0.05) is 29.5 Å². The third-order valence-electron chi connectivity index (χ3n) is 5.22. The minimum Gasteiger partial charge on any atom is -0.457 e. The van der Waals surface area contributed by atoms with Crippen LogP contribution in [0.4, 0.5) is 15.2 Å². The Bertz CT molecular complexity index is 1600. The average Bonchev–Trinajstić information content (AvgIpc) is 3.33. The highest BCUT2D eigenvalue weighted by molar-refractivity contribution is 7.22. The zero-order chi connectivity index (χ0) is 25.8. The monoisotopic (exact) mass is 512 g/mol. The fraction of sp³-hybridized carbons (Fsp3) is 0. The fourth-order valence-corrected chi connectivity index (χ4v) is 4.33. The zero-order valence-electron chi connectivity index (χ0n) is 19.0. The number of hydrogen-bond acceptors (Lipinski definition) is 7. The summed E-state index contributed by atoms with van der Waals surface area (Å²) in [7, 11) is 0. The molecular formula is C27H17FN4O4S. The van der Waals surface area contributed by atoms with Crippen LogP contribution in [0.1, 0.15) is 15.9 Å². The maximum atomic E-state index is 13.7. The molecule has 0 spiro atoms. The lowest BCUT2D eigenvalue weighted by atomic mass is 10.2. The number of hydrazone groups is 1. The van der Waals surface area contributed by atoms with Crippen molar-refractivity contribution in [1.29, 1.82) is 0 Å². The van der Waals surface area contributed by atoms with Gasteiger partial charge in [0, 0.05) is 17.7 Å². The molecule has 8 nitrogen and oxygen atoms in total. The Morgan fingerprint density at radius 1 is 0.973 bits per heavy atom. The maximum Gasteiger partial charge on any atom is 0.280 e. The van der Waals surface area contributed by atoms with Crippen molar-refractivity contribution in [3.8, 4) is 11.5 Å². The van der Waals surface area contributed by atoms with Gasteiger partial charge in [0.25, 0.3) is 11.6 Å². The minimum atomic E-state index is -0.498. The highest BCUT2D eigenvalue weighted by Crippen LogP contribution is 2.31. The summed E-state index contributed by atoms with van der Waals surface area (Å²) in [6, 6.07) is 25.7. The Morgan fingerprint density at radius 2 is 1.68 bits per heavy atom. The van der Waals surface area contributed by atoms with Gasteiger partial charge in [-0.25, -0.2) is 9.37 Å². The van der Waals surface area contributed by atoms with E-state index in [0.29, 0.717) is 32.8 Å². The van der Waals surface area contributed by atoms with E-state index in [4.69, 9.17) is 4.74 Å². The summed E-state index contributed by atoms with van der Waals surface area (Å²) < 4.78 is 20.1. The van der Waals surface area contributed by atoms with Gasteiger partial charge in [-0.15, -0.1) is 0 Å². The van der Waals surface area contributed by atoms with Crippen LogP contribution in [0.5, 0.6) is 11.5 Å². The first-order valence-corrected chi connectivity index (χ1v) is 11.8. The fourth-order valence-electron chi connectivity index (χ4n) is 3.38. The van der Waals surface area contributed by atoms with E-state index in [9.17, 15) is 19.3 Å². The van der Waals surface area contributed by atoms with Crippen LogP contribution in [0.2, 0.25) is 0 Å². The Hall–Kier alpha value is -4.96. The number of halogens is 1. The number of anilines is 1. The number of fused-ring (bicyclic) bond motifs is 1. The van der Waals surface area contributed by atoms with E-state index in [-0.39, 0.29) is 10.8 Å². The standard InChI is InChI=1S/C27H17FN4O4S/c28-20-10-15-24-25(16-20)37-27(30-24)31(29-17-18-6-11-21(12-7-18)32(34)35)26(33)19-8-13-23(14-9-19)36-22-4-2-1-3-5-22/h1-17H/b29-17+. The van der Waals surface area contributed by atoms with Gasteiger partial charge >= 0.3 is 0 Å². The summed E-state index contributed by atoms with van der Waals surface area (Å²) in [6.45, 7) is 0. The van der Waals surface area contributed by atoms with Gasteiger partial charge in [0.15, 0.2) is 0 Å². The number of rotatable bonds is 7. The number of amides is 1. The highest BCUT2D eigenvalue weighted by atomic mass is 32.1. The Balaban J connectivity index is 1.45. The molecule has 1 aromatic heterocycles. The molecule has 182 valence electrons. The van der Waals surface area contributed by atoms with E-state index < -0.39 is 16.6 Å². The van der Waals surface area contributed by atoms with Crippen LogP contribution in [0, 0.1) is 15.9 Å². The van der Waals surface area contributed by atoms with Crippen LogP contribution >= 0.6 is 11.3 Å². The van der Waals surface area contributed by atoms with Gasteiger partial charge < -0.3 is 4.74 Å². The summed E-state index contributed by atoms with van der Waals surface area (Å²) in [5.74, 6) is 0.338. The second kappa shape index (κ2) is 10.3. The zero-order valence-corrected chi connectivity index (χ0v) is 19.8. The molecule has 0 aliphatic carbocycles. The molecule has 5 aromatic rings. The number of para-hydroxylation sites is 1. The van der Waals surface area contributed by atoms with Crippen LogP contribution in [0.3, 0.4) is 0 Å². The molecule has 0 N–H and O–H groups in total. The van der Waals surface area contributed by atoms with E-state index >= 15 is 0 Å². The van der Waals surface area contributed by atoms with Crippen molar-refractivity contribution in [2.45, 2.75) is 0 Å². The van der Waals surface area contributed by atoms with Crippen LogP contribution < -0.4 is 9.75 Å². The number of nitrogens with zero attached hydrogens (tertiary/aromatic N) is 4. The molecule has 37 heavy (non-hydrogen) atoms. The first kappa shape index (κ1) is 23.8. The third kappa shape index (κ3) is 5.49. The maximum absolute atomic E-state index is 13.7. The molecule has 1 amide bonds. The van der Waals surface area contributed by atoms with Crippen molar-refractivity contribution in [3.05, 3.63) is 124 Å². The molecule has 0 radical (unpaired) electrons. The molecule has 1 heterocycles. The lowest BCUT2D eigenvalue weighted by molar-refractivity contribution is -0.384. The van der Waals surface area contributed by atoms with Gasteiger partial charge in [-0.2, -0.15) is 10.1 Å². The molecule has 0 saturated carbocycles. The average molecular weight is 513 g/mol. The summed E-state index contributed by atoms with van der Waals surface area (Å²) in [5.41, 5.74) is 1.33. The predicted octanol–water partition coefficient (Wildman–Crippen LogP) is 6.82. The number of nitro benzene ring substituents is 1. The van der Waals surface area contributed by atoms with Gasteiger partial charge in [-0.3, -0.25) is 14.9 Å². The molecule has 0 aliphatic heterocycles. The number of benzene rings is 4. The topological polar surface area (TPSA) is 97.9 Å². The number of ether oxygens (including phenoxy) is 1. The molecule has 4 aromatic carbocycles. The predicted molar refractivity (Wildman–Crippen MR) is 140 cm³/mol. The molecule has 0 bridgehead atoms. The first-order chi connectivity index (χ1) is 18.0. The Morgan fingerprint density at radius 3 is 2.38 bits per heavy atom. The van der Waals surface area contributed by atoms with E-state index in [2.05, 4.69) is 10.1 Å². The number of carbonyl (C=O) groups is 1. The number of non-ortho nitro benzene ring substituents is 1. The van der Waals surface area contributed by atoms with Crippen LogP contribution in [0.25, 0.3) is 10.2 Å². The van der Waals surface area contributed by atoms with Crippen molar-refractivity contribution in [2.24, 2.45) is 5.10 Å². The van der Waals surface area contributed by atoms with Gasteiger partial charge in [0.05, 0.1) is 21.4 Å². The number of thiazole rings is 1. The van der Waals surface area contributed by atoms with E-state index in [0.717, 1.165) is 16.3 Å². The molecule has 0 unspecified atom stereocenters. The Labute approximate surface area is 214 Å². The summed E-state index contributed by atoms with van der Waals surface area (Å²) in [6.07, 6.45) is 1.40. The van der Waals surface area contributed by atoms with Crippen molar-refractivity contribution in [1.82, 2.24) is 4.98 Å². The molecule has 0 saturated heterocycles. The second-order valence-electron chi connectivity index (χ2n) is 7.76. The van der Waals surface area contributed by atoms with Gasteiger partial charge in [0.1, 0.15) is 17.3 Å². The molecule has 5 rings (SSSR count). The second-order valence-corrected chi connectivity index (χ2v) is 8.77. The third-order valence-corrected chi connectivity index (χ3v) is 6.21. The molecule has 10 heteroatoms. The molecule has 0 fully saturated rings. The van der Waals surface area contributed by atoms with Crippen LogP contribution in [0.15, 0.2) is 102 Å². The quantitative estimate of drug-likeness (QED) is 0.135. The van der Waals surface area contributed by atoms with Crippen LogP contribution in [-0.4, -0.2) is 22.0 Å². The lowest BCUT2D eigenvalue weighted by Gasteiger charge is -2.14. The van der Waals surface area contributed by atoms with Crippen molar-refractivity contribution in [3.63, 3.8) is 0 Å². The Kier molecular flexibility index (Phi) is 6.64. The first-order valence-electron chi connectivity index (χ1n) is 11.0.